The van der Waals surface area contributed by atoms with Crippen LogP contribution in [0.2, 0.25) is 0 Å². The fraction of sp³-hybridized carbons (Fsp3) is 0.250. The van der Waals surface area contributed by atoms with Gasteiger partial charge < -0.3 is 48.1 Å². The number of aliphatic imine (C=N–C) groups is 2. The van der Waals surface area contributed by atoms with Crippen LogP contribution in [0.15, 0.2) is 117 Å². The Kier molecular flexibility index (Phi) is 14.0. The molecule has 0 spiro atoms. The van der Waals surface area contributed by atoms with Gasteiger partial charge in [-0.25, -0.2) is 8.42 Å². The maximum Gasteiger partial charge on any atom is 0.224 e. The maximum absolute atomic E-state index is 13.3. The number of anilines is 2. The fourth-order valence-electron chi connectivity index (χ4n) is 4.76. The van der Waals surface area contributed by atoms with Gasteiger partial charge in [-0.1, -0.05) is 0 Å². The van der Waals surface area contributed by atoms with Gasteiger partial charge in [0.2, 0.25) is 15.7 Å². The van der Waals surface area contributed by atoms with E-state index >= 15 is 0 Å². The van der Waals surface area contributed by atoms with E-state index in [1.54, 1.807) is 72.8 Å². The number of aliphatic hydroxyl groups excluding tert-OH is 1. The monoisotopic (exact) mass is 716 g/mol. The molecule has 4 rings (SSSR count). The van der Waals surface area contributed by atoms with Gasteiger partial charge in [-0.2, -0.15) is 0 Å². The van der Waals surface area contributed by atoms with Gasteiger partial charge in [-0.15, -0.1) is 0 Å². The summed E-state index contributed by atoms with van der Waals surface area (Å²) in [6, 6.07) is 26.2. The third kappa shape index (κ3) is 12.9. The minimum absolute atomic E-state index is 0.0365. The Bertz CT molecular complexity index is 1860. The molecule has 0 radical (unpaired) electrons. The number of benzene rings is 4. The van der Waals surface area contributed by atoms with Crippen LogP contribution in [0, 0.1) is 0 Å². The second-order valence-corrected chi connectivity index (χ2v) is 13.4. The third-order valence-electron chi connectivity index (χ3n) is 7.35. The normalized spacial score (nSPS) is 11.5. The number of hydrogen-bond acceptors (Lipinski definition) is 9. The summed E-state index contributed by atoms with van der Waals surface area (Å²) in [4.78, 5) is 20.2. The van der Waals surface area contributed by atoms with Crippen LogP contribution < -0.4 is 43.0 Å². The number of rotatable bonds is 19. The van der Waals surface area contributed by atoms with Crippen LogP contribution >= 0.6 is 0 Å². The Morgan fingerprint density at radius 1 is 0.627 bits per heavy atom. The molecule has 0 aromatic heterocycles. The highest BCUT2D eigenvalue weighted by Gasteiger charge is 2.18. The van der Waals surface area contributed by atoms with Crippen molar-refractivity contribution in [1.29, 1.82) is 0 Å². The highest BCUT2D eigenvalue weighted by molar-refractivity contribution is 7.91. The minimum Gasteiger partial charge on any atom is -0.457 e. The lowest BCUT2D eigenvalue weighted by atomic mass is 10.2. The average molecular weight is 717 g/mol. The van der Waals surface area contributed by atoms with Crippen LogP contribution in [0.5, 0.6) is 23.0 Å². The average Bonchev–Trinajstić information content (AvgIpc) is 3.10. The molecule has 1 unspecified atom stereocenters. The molecule has 0 heterocycles. The first-order valence-electron chi connectivity index (χ1n) is 16.3. The number of guanidine groups is 2. The molecule has 15 heteroatoms. The zero-order valence-corrected chi connectivity index (χ0v) is 28.9. The van der Waals surface area contributed by atoms with E-state index in [0.717, 1.165) is 18.5 Å². The van der Waals surface area contributed by atoms with Crippen molar-refractivity contribution in [2.45, 2.75) is 54.5 Å². The molecule has 0 fully saturated rings. The Morgan fingerprint density at radius 2 is 1.04 bits per heavy atom. The largest absolute Gasteiger partial charge is 0.457 e. The van der Waals surface area contributed by atoms with Gasteiger partial charge in [0.05, 0.1) is 9.79 Å². The van der Waals surface area contributed by atoms with Gasteiger partial charge in [0.15, 0.2) is 11.9 Å². The number of carbonyl (C=O) groups is 1. The summed E-state index contributed by atoms with van der Waals surface area (Å²) in [5, 5.41) is 16.1. The summed E-state index contributed by atoms with van der Waals surface area (Å²) >= 11 is 0. The Balaban J connectivity index is 1.24. The highest BCUT2D eigenvalue weighted by Crippen LogP contribution is 2.29. The van der Waals surface area contributed by atoms with E-state index in [0.29, 0.717) is 67.5 Å². The van der Waals surface area contributed by atoms with Crippen LogP contribution in [0.4, 0.5) is 11.4 Å². The molecule has 1 atom stereocenters. The summed E-state index contributed by atoms with van der Waals surface area (Å²) in [6.45, 7) is 0.999. The Labute approximate surface area is 297 Å². The molecule has 270 valence electrons. The number of aliphatic hydroxyl groups is 1. The molecule has 0 aliphatic rings. The molecule has 14 nitrogen and oxygen atoms in total. The molecule has 0 bridgehead atoms. The topological polar surface area (TPSA) is 243 Å². The number of ether oxygens (including phenoxy) is 2. The minimum atomic E-state index is -3.80. The number of carbonyl (C=O) groups excluding carboxylic acids is 1. The zero-order valence-electron chi connectivity index (χ0n) is 28.1. The van der Waals surface area contributed by atoms with Crippen molar-refractivity contribution in [3.05, 3.63) is 97.1 Å². The van der Waals surface area contributed by atoms with Crippen molar-refractivity contribution in [1.82, 2.24) is 0 Å². The van der Waals surface area contributed by atoms with Crippen molar-refractivity contribution >= 4 is 39.0 Å². The maximum atomic E-state index is 13.3. The van der Waals surface area contributed by atoms with Crippen LogP contribution in [-0.2, 0) is 14.6 Å². The molecule has 0 aliphatic carbocycles. The molecule has 0 saturated heterocycles. The van der Waals surface area contributed by atoms with Gasteiger partial charge in [0.1, 0.15) is 29.2 Å². The Hall–Kier alpha value is -5.80. The van der Waals surface area contributed by atoms with E-state index in [-0.39, 0.29) is 27.6 Å². The van der Waals surface area contributed by atoms with Crippen LogP contribution in [0.25, 0.3) is 0 Å². The molecule has 51 heavy (non-hydrogen) atoms. The lowest BCUT2D eigenvalue weighted by Crippen LogP contribution is -2.23. The summed E-state index contributed by atoms with van der Waals surface area (Å²) in [5.74, 6) is 1.96. The smallest absolute Gasteiger partial charge is 0.224 e. The standard InChI is InChI=1S/C36H44N8O6S/c37-35(38)41-23-3-1-5-33(45)43-25-7-11-27(12-8-25)49-29-15-19-31(20-16-29)51(47,48)32-21-17-30(18-22-32)50-28-13-9-26(10-14-28)44-34(46)6-2-4-24-42-36(39)40/h7-22,33,43,45H,1-6,23-24H2,(H,44,46)(H4,37,38,41)(H4,39,40,42). The van der Waals surface area contributed by atoms with E-state index in [1.165, 1.54) is 24.3 Å². The molecule has 0 saturated carbocycles. The van der Waals surface area contributed by atoms with Crippen molar-refractivity contribution in [2.75, 3.05) is 23.7 Å². The first kappa shape index (κ1) is 38.0. The lowest BCUT2D eigenvalue weighted by molar-refractivity contribution is -0.116. The predicted molar refractivity (Wildman–Crippen MR) is 199 cm³/mol. The molecular formula is C36H44N8O6S. The number of nitrogens with zero attached hydrogens (tertiary/aromatic N) is 2. The highest BCUT2D eigenvalue weighted by atomic mass is 32.2. The van der Waals surface area contributed by atoms with E-state index in [2.05, 4.69) is 20.6 Å². The number of hydrogen-bond donors (Lipinski definition) is 7. The molecule has 4 aromatic rings. The second-order valence-electron chi connectivity index (χ2n) is 11.5. The third-order valence-corrected chi connectivity index (χ3v) is 9.14. The number of nitrogens with two attached hydrogens (primary N) is 4. The van der Waals surface area contributed by atoms with Crippen molar-refractivity contribution in [3.8, 4) is 23.0 Å². The zero-order chi connectivity index (χ0) is 36.6. The van der Waals surface area contributed by atoms with Crippen LogP contribution in [0.3, 0.4) is 0 Å². The molecule has 0 aliphatic heterocycles. The summed E-state index contributed by atoms with van der Waals surface area (Å²) in [7, 11) is -3.80. The summed E-state index contributed by atoms with van der Waals surface area (Å²) in [6.07, 6.45) is 3.03. The van der Waals surface area contributed by atoms with Crippen LogP contribution in [0.1, 0.15) is 38.5 Å². The lowest BCUT2D eigenvalue weighted by Gasteiger charge is -2.14. The van der Waals surface area contributed by atoms with Gasteiger partial charge in [-0.05, 0) is 129 Å². The summed E-state index contributed by atoms with van der Waals surface area (Å²) in [5.41, 5.74) is 22.5. The molecule has 4 aromatic carbocycles. The first-order valence-corrected chi connectivity index (χ1v) is 17.8. The van der Waals surface area contributed by atoms with E-state index in [4.69, 9.17) is 32.4 Å². The quantitative estimate of drug-likeness (QED) is 0.0304. The summed E-state index contributed by atoms with van der Waals surface area (Å²) < 4.78 is 38.4. The number of nitrogens with one attached hydrogen (secondary N) is 2. The second kappa shape index (κ2) is 18.8. The van der Waals surface area contributed by atoms with E-state index < -0.39 is 16.1 Å². The number of unbranched alkanes of at least 4 members (excludes halogenated alkanes) is 2. The van der Waals surface area contributed by atoms with Gasteiger partial charge in [0.25, 0.3) is 0 Å². The van der Waals surface area contributed by atoms with Gasteiger partial charge in [-0.3, -0.25) is 14.8 Å². The van der Waals surface area contributed by atoms with E-state index in [1.807, 2.05) is 0 Å². The molecule has 1 amide bonds. The molecule has 11 N–H and O–H groups in total. The van der Waals surface area contributed by atoms with Crippen molar-refractivity contribution in [2.24, 2.45) is 32.9 Å². The molecular weight excluding hydrogens is 673 g/mol. The van der Waals surface area contributed by atoms with Crippen molar-refractivity contribution in [3.63, 3.8) is 0 Å². The number of amides is 1. The van der Waals surface area contributed by atoms with Gasteiger partial charge in [0, 0.05) is 30.9 Å². The van der Waals surface area contributed by atoms with Crippen LogP contribution in [-0.4, -0.2) is 50.7 Å². The van der Waals surface area contributed by atoms with Crippen molar-refractivity contribution < 1.29 is 27.8 Å². The first-order chi connectivity index (χ1) is 24.5. The predicted octanol–water partition coefficient (Wildman–Crippen LogP) is 4.66. The van der Waals surface area contributed by atoms with Gasteiger partial charge >= 0.3 is 0 Å². The Morgan fingerprint density at radius 3 is 1.49 bits per heavy atom. The van der Waals surface area contributed by atoms with E-state index in [9.17, 15) is 18.3 Å². The fourth-order valence-corrected chi connectivity index (χ4v) is 6.02. The number of sulfone groups is 1. The SMILES string of the molecule is NC(N)=NCCCCC(=O)Nc1ccc(Oc2ccc(S(=O)(=O)c3ccc(Oc4ccc(NC(O)CCCCN=C(N)N)cc4)cc3)cc2)cc1.